The third-order valence-electron chi connectivity index (χ3n) is 5.32. The third kappa shape index (κ3) is 3.76. The van der Waals surface area contributed by atoms with Crippen molar-refractivity contribution >= 4 is 17.5 Å². The van der Waals surface area contributed by atoms with Crippen molar-refractivity contribution in [2.24, 2.45) is 0 Å². The zero-order chi connectivity index (χ0) is 21.1. The molecule has 152 valence electrons. The average Bonchev–Trinajstić information content (AvgIpc) is 3.06. The van der Waals surface area contributed by atoms with Crippen LogP contribution in [-0.4, -0.2) is 23.9 Å². The Kier molecular flexibility index (Phi) is 5.48. The molecule has 2 amide bonds. The molecule has 6 heteroatoms. The number of hydrogen-bond donors (Lipinski definition) is 1. The molecule has 1 aromatic heterocycles. The third-order valence-corrected chi connectivity index (χ3v) is 5.32. The number of ether oxygens (including phenoxy) is 1. The Bertz CT molecular complexity index is 1050. The van der Waals surface area contributed by atoms with Gasteiger partial charge in [-0.3, -0.25) is 19.5 Å². The molecule has 6 nitrogen and oxygen atoms in total. The van der Waals surface area contributed by atoms with Crippen LogP contribution in [0.3, 0.4) is 0 Å². The monoisotopic (exact) mass is 401 g/mol. The lowest BCUT2D eigenvalue weighted by atomic mass is 10.1. The standard InChI is InChI=1S/C24H23N3O3/c1-16(17-10-12-19(30-2)13-11-17)26-22(28)15-21-23-20(9-6-14-25-23)24(29)27(21)18-7-4-3-5-8-18/h3-14,16,21H,15H2,1-2H3,(H,26,28). The summed E-state index contributed by atoms with van der Waals surface area (Å²) in [5.41, 5.74) is 2.91. The molecule has 2 unspecified atom stereocenters. The second-order valence-corrected chi connectivity index (χ2v) is 7.23. The largest absolute Gasteiger partial charge is 0.497 e. The van der Waals surface area contributed by atoms with Crippen LogP contribution in [0, 0.1) is 0 Å². The summed E-state index contributed by atoms with van der Waals surface area (Å²) >= 11 is 0. The topological polar surface area (TPSA) is 71.5 Å². The summed E-state index contributed by atoms with van der Waals surface area (Å²) in [5, 5.41) is 3.03. The molecule has 0 bridgehead atoms. The van der Waals surface area contributed by atoms with Crippen LogP contribution >= 0.6 is 0 Å². The van der Waals surface area contributed by atoms with Gasteiger partial charge < -0.3 is 10.1 Å². The summed E-state index contributed by atoms with van der Waals surface area (Å²) in [6.07, 6.45) is 1.79. The fraction of sp³-hybridized carbons (Fsp3) is 0.208. The first-order valence-electron chi connectivity index (χ1n) is 9.85. The van der Waals surface area contributed by atoms with Gasteiger partial charge in [0, 0.05) is 11.9 Å². The quantitative estimate of drug-likeness (QED) is 0.676. The van der Waals surface area contributed by atoms with Crippen LogP contribution in [0.25, 0.3) is 0 Å². The normalized spacial score (nSPS) is 16.1. The first kappa shape index (κ1) is 19.6. The van der Waals surface area contributed by atoms with E-state index in [-0.39, 0.29) is 24.3 Å². The van der Waals surface area contributed by atoms with Crippen molar-refractivity contribution in [1.29, 1.82) is 0 Å². The SMILES string of the molecule is COc1ccc(C(C)NC(=O)CC2c3ncccc3C(=O)N2c2ccccc2)cc1. The number of aromatic nitrogens is 1. The number of carbonyl (C=O) groups excluding carboxylic acids is 2. The van der Waals surface area contributed by atoms with Gasteiger partial charge in [0.15, 0.2) is 0 Å². The minimum Gasteiger partial charge on any atom is -0.497 e. The van der Waals surface area contributed by atoms with E-state index in [4.69, 9.17) is 4.74 Å². The van der Waals surface area contributed by atoms with Crippen LogP contribution in [-0.2, 0) is 4.79 Å². The maximum absolute atomic E-state index is 13.0. The number of carbonyl (C=O) groups is 2. The van der Waals surface area contributed by atoms with E-state index in [9.17, 15) is 9.59 Å². The van der Waals surface area contributed by atoms with Gasteiger partial charge in [-0.2, -0.15) is 0 Å². The number of benzene rings is 2. The number of pyridine rings is 1. The van der Waals surface area contributed by atoms with Gasteiger partial charge in [-0.1, -0.05) is 30.3 Å². The maximum Gasteiger partial charge on any atom is 0.260 e. The predicted molar refractivity (Wildman–Crippen MR) is 114 cm³/mol. The van der Waals surface area contributed by atoms with Crippen LogP contribution < -0.4 is 15.0 Å². The van der Waals surface area contributed by atoms with Crippen LogP contribution in [0.1, 0.15) is 47.0 Å². The van der Waals surface area contributed by atoms with Gasteiger partial charge in [-0.15, -0.1) is 0 Å². The maximum atomic E-state index is 13.0. The van der Waals surface area contributed by atoms with Crippen LogP contribution in [0.15, 0.2) is 72.9 Å². The first-order valence-corrected chi connectivity index (χ1v) is 9.85. The molecular formula is C24H23N3O3. The molecule has 0 saturated carbocycles. The van der Waals surface area contributed by atoms with E-state index in [2.05, 4.69) is 10.3 Å². The average molecular weight is 401 g/mol. The van der Waals surface area contributed by atoms with Crippen molar-refractivity contribution in [2.45, 2.75) is 25.4 Å². The van der Waals surface area contributed by atoms with Crippen LogP contribution in [0.2, 0.25) is 0 Å². The van der Waals surface area contributed by atoms with E-state index in [1.54, 1.807) is 30.3 Å². The molecule has 0 fully saturated rings. The van der Waals surface area contributed by atoms with Crippen molar-refractivity contribution in [1.82, 2.24) is 10.3 Å². The van der Waals surface area contributed by atoms with Gasteiger partial charge in [0.1, 0.15) is 5.75 Å². The van der Waals surface area contributed by atoms with E-state index in [1.165, 1.54) is 0 Å². The Labute approximate surface area is 175 Å². The van der Waals surface area contributed by atoms with E-state index in [1.807, 2.05) is 61.5 Å². The Hall–Kier alpha value is -3.67. The van der Waals surface area contributed by atoms with E-state index < -0.39 is 6.04 Å². The number of nitrogens with zero attached hydrogens (tertiary/aromatic N) is 2. The van der Waals surface area contributed by atoms with Crippen LogP contribution in [0.4, 0.5) is 5.69 Å². The molecule has 2 heterocycles. The van der Waals surface area contributed by atoms with Crippen molar-refractivity contribution in [3.8, 4) is 5.75 Å². The zero-order valence-electron chi connectivity index (χ0n) is 16.9. The number of rotatable bonds is 6. The zero-order valence-corrected chi connectivity index (χ0v) is 16.9. The highest BCUT2D eigenvalue weighted by molar-refractivity contribution is 6.11. The van der Waals surface area contributed by atoms with Crippen molar-refractivity contribution < 1.29 is 14.3 Å². The molecule has 2 aromatic carbocycles. The molecule has 0 saturated heterocycles. The second-order valence-electron chi connectivity index (χ2n) is 7.23. The minimum absolute atomic E-state index is 0.130. The Morgan fingerprint density at radius 2 is 1.83 bits per heavy atom. The number of para-hydroxylation sites is 1. The number of nitrogens with one attached hydrogen (secondary N) is 1. The van der Waals surface area contributed by atoms with Crippen LogP contribution in [0.5, 0.6) is 5.75 Å². The number of hydrogen-bond acceptors (Lipinski definition) is 4. The van der Waals surface area contributed by atoms with Gasteiger partial charge >= 0.3 is 0 Å². The molecule has 0 radical (unpaired) electrons. The predicted octanol–water partition coefficient (Wildman–Crippen LogP) is 4.06. The lowest BCUT2D eigenvalue weighted by Gasteiger charge is -2.25. The molecule has 1 aliphatic heterocycles. The molecular weight excluding hydrogens is 378 g/mol. The highest BCUT2D eigenvalue weighted by Crippen LogP contribution is 2.38. The Balaban J connectivity index is 1.54. The molecule has 1 N–H and O–H groups in total. The molecule has 3 aromatic rings. The fourth-order valence-corrected chi connectivity index (χ4v) is 3.78. The van der Waals surface area contributed by atoms with Crippen molar-refractivity contribution in [2.75, 3.05) is 12.0 Å². The van der Waals surface area contributed by atoms with Gasteiger partial charge in [-0.25, -0.2) is 0 Å². The van der Waals surface area contributed by atoms with E-state index in [0.29, 0.717) is 11.3 Å². The van der Waals surface area contributed by atoms with Crippen molar-refractivity contribution in [3.63, 3.8) is 0 Å². The number of amides is 2. The fourth-order valence-electron chi connectivity index (χ4n) is 3.78. The smallest absolute Gasteiger partial charge is 0.260 e. The molecule has 0 spiro atoms. The molecule has 30 heavy (non-hydrogen) atoms. The Morgan fingerprint density at radius 1 is 1.10 bits per heavy atom. The molecule has 1 aliphatic rings. The van der Waals surface area contributed by atoms with Gasteiger partial charge in [0.25, 0.3) is 5.91 Å². The first-order chi connectivity index (χ1) is 14.6. The number of anilines is 1. The molecule has 0 aliphatic carbocycles. The summed E-state index contributed by atoms with van der Waals surface area (Å²) < 4.78 is 5.18. The number of methoxy groups -OCH3 is 1. The molecule has 4 rings (SSSR count). The van der Waals surface area contributed by atoms with Gasteiger partial charge in [0.2, 0.25) is 5.91 Å². The van der Waals surface area contributed by atoms with Gasteiger partial charge in [-0.05, 0) is 48.9 Å². The minimum atomic E-state index is -0.445. The second kappa shape index (κ2) is 8.37. The Morgan fingerprint density at radius 3 is 2.53 bits per heavy atom. The lowest BCUT2D eigenvalue weighted by Crippen LogP contribution is -2.34. The highest BCUT2D eigenvalue weighted by atomic mass is 16.5. The molecule has 2 atom stereocenters. The summed E-state index contributed by atoms with van der Waals surface area (Å²) in [6.45, 7) is 1.93. The highest BCUT2D eigenvalue weighted by Gasteiger charge is 2.39. The summed E-state index contributed by atoms with van der Waals surface area (Å²) in [7, 11) is 1.62. The lowest BCUT2D eigenvalue weighted by molar-refractivity contribution is -0.122. The number of fused-ring (bicyclic) bond motifs is 1. The van der Waals surface area contributed by atoms with E-state index in [0.717, 1.165) is 17.0 Å². The van der Waals surface area contributed by atoms with Gasteiger partial charge in [0.05, 0.1) is 36.9 Å². The summed E-state index contributed by atoms with van der Waals surface area (Å²) in [4.78, 5) is 32.0. The van der Waals surface area contributed by atoms with E-state index >= 15 is 0 Å². The van der Waals surface area contributed by atoms with Crippen molar-refractivity contribution in [3.05, 3.63) is 89.7 Å². The summed E-state index contributed by atoms with van der Waals surface area (Å²) in [6, 6.07) is 19.9. The summed E-state index contributed by atoms with van der Waals surface area (Å²) in [5.74, 6) is 0.490.